The number of fused-ring (bicyclic) bond motifs is 1. The summed E-state index contributed by atoms with van der Waals surface area (Å²) in [6.07, 6.45) is 5.40. The van der Waals surface area contributed by atoms with E-state index in [9.17, 15) is 4.79 Å². The van der Waals surface area contributed by atoms with E-state index in [1.165, 1.54) is 36.0 Å². The number of benzene rings is 1. The zero-order valence-electron chi connectivity index (χ0n) is 10.7. The molecule has 0 spiro atoms. The van der Waals surface area contributed by atoms with Crippen molar-refractivity contribution in [1.29, 1.82) is 0 Å². The van der Waals surface area contributed by atoms with Crippen molar-refractivity contribution in [3.63, 3.8) is 0 Å². The van der Waals surface area contributed by atoms with Crippen molar-refractivity contribution in [2.24, 2.45) is 0 Å². The Labute approximate surface area is 108 Å². The van der Waals surface area contributed by atoms with E-state index in [1.807, 2.05) is 0 Å². The van der Waals surface area contributed by atoms with Crippen LogP contribution in [0.5, 0.6) is 0 Å². The molecule has 1 atom stereocenters. The number of nitrogens with one attached hydrogen (secondary N) is 2. The normalized spacial score (nSPS) is 22.7. The molecule has 1 saturated heterocycles. The fourth-order valence-corrected chi connectivity index (χ4v) is 2.90. The minimum atomic E-state index is 0.186. The number of aryl methyl sites for hydroxylation is 2. The summed E-state index contributed by atoms with van der Waals surface area (Å²) >= 11 is 0. The molecule has 1 unspecified atom stereocenters. The smallest absolute Gasteiger partial charge is 0.220 e. The molecule has 0 saturated carbocycles. The largest absolute Gasteiger partial charge is 0.355 e. The first kappa shape index (κ1) is 11.7. The molecule has 3 rings (SSSR count). The number of amides is 1. The van der Waals surface area contributed by atoms with Crippen molar-refractivity contribution < 1.29 is 4.79 Å². The van der Waals surface area contributed by atoms with E-state index < -0.39 is 0 Å². The quantitative estimate of drug-likeness (QED) is 0.847. The zero-order chi connectivity index (χ0) is 12.4. The van der Waals surface area contributed by atoms with E-state index in [0.717, 1.165) is 19.5 Å². The van der Waals surface area contributed by atoms with Crippen LogP contribution in [0.25, 0.3) is 0 Å². The maximum atomic E-state index is 11.1. The van der Waals surface area contributed by atoms with Gasteiger partial charge in [-0.05, 0) is 42.4 Å². The average Bonchev–Trinajstić information content (AvgIpc) is 2.85. The second-order valence-corrected chi connectivity index (χ2v) is 5.38. The van der Waals surface area contributed by atoms with Gasteiger partial charge in [0.05, 0.1) is 0 Å². The zero-order valence-corrected chi connectivity index (χ0v) is 10.7. The van der Waals surface area contributed by atoms with Crippen molar-refractivity contribution in [2.45, 2.75) is 44.7 Å². The Balaban J connectivity index is 1.55. The van der Waals surface area contributed by atoms with Crippen molar-refractivity contribution >= 4 is 5.91 Å². The van der Waals surface area contributed by atoms with Crippen LogP contribution < -0.4 is 10.6 Å². The fraction of sp³-hybridized carbons (Fsp3) is 0.533. The molecule has 3 nitrogen and oxygen atoms in total. The van der Waals surface area contributed by atoms with Gasteiger partial charge in [0, 0.05) is 25.6 Å². The molecule has 0 aromatic heterocycles. The van der Waals surface area contributed by atoms with Gasteiger partial charge < -0.3 is 10.6 Å². The molecule has 18 heavy (non-hydrogen) atoms. The van der Waals surface area contributed by atoms with Gasteiger partial charge in [-0.1, -0.05) is 18.2 Å². The number of carbonyl (C=O) groups is 1. The Hall–Kier alpha value is -1.35. The molecule has 1 aromatic rings. The minimum absolute atomic E-state index is 0.186. The molecule has 0 bridgehead atoms. The molecule has 2 N–H and O–H groups in total. The van der Waals surface area contributed by atoms with E-state index in [0.29, 0.717) is 12.5 Å². The summed E-state index contributed by atoms with van der Waals surface area (Å²) in [5.74, 6) is 0.186. The van der Waals surface area contributed by atoms with Crippen LogP contribution in [-0.2, 0) is 24.2 Å². The molecule has 1 heterocycles. The second kappa shape index (κ2) is 5.11. The van der Waals surface area contributed by atoms with Gasteiger partial charge in [-0.15, -0.1) is 0 Å². The van der Waals surface area contributed by atoms with Gasteiger partial charge in [-0.2, -0.15) is 0 Å². The van der Waals surface area contributed by atoms with Gasteiger partial charge in [-0.25, -0.2) is 0 Å². The summed E-state index contributed by atoms with van der Waals surface area (Å²) in [7, 11) is 0. The molecule has 1 aromatic carbocycles. The lowest BCUT2D eigenvalue weighted by Crippen LogP contribution is -2.45. The van der Waals surface area contributed by atoms with Crippen LogP contribution in [0, 0.1) is 0 Å². The Bertz CT molecular complexity index is 446. The summed E-state index contributed by atoms with van der Waals surface area (Å²) in [6.45, 7) is 1.68. The van der Waals surface area contributed by atoms with Crippen LogP contribution in [0.2, 0.25) is 0 Å². The van der Waals surface area contributed by atoms with Crippen molar-refractivity contribution in [1.82, 2.24) is 10.6 Å². The van der Waals surface area contributed by atoms with E-state index >= 15 is 0 Å². The lowest BCUT2D eigenvalue weighted by molar-refractivity contribution is -0.122. The lowest BCUT2D eigenvalue weighted by atomic mass is 10.0. The monoisotopic (exact) mass is 244 g/mol. The number of piperidine rings is 1. The highest BCUT2D eigenvalue weighted by atomic mass is 16.1. The average molecular weight is 244 g/mol. The third-order valence-electron chi connectivity index (χ3n) is 4.02. The first-order valence-corrected chi connectivity index (χ1v) is 6.92. The van der Waals surface area contributed by atoms with Gasteiger partial charge in [0.15, 0.2) is 0 Å². The maximum Gasteiger partial charge on any atom is 0.220 e. The molecule has 1 aliphatic heterocycles. The molecule has 96 valence electrons. The number of hydrogen-bond donors (Lipinski definition) is 2. The third-order valence-corrected chi connectivity index (χ3v) is 4.02. The number of carbonyl (C=O) groups excluding carboxylic acids is 1. The molecular formula is C15H20N2O. The Morgan fingerprint density at radius 3 is 2.94 bits per heavy atom. The summed E-state index contributed by atoms with van der Waals surface area (Å²) in [4.78, 5) is 11.1. The van der Waals surface area contributed by atoms with Crippen LogP contribution in [0.1, 0.15) is 36.0 Å². The van der Waals surface area contributed by atoms with Crippen LogP contribution in [-0.4, -0.2) is 18.5 Å². The third kappa shape index (κ3) is 2.56. The highest BCUT2D eigenvalue weighted by Crippen LogP contribution is 2.22. The summed E-state index contributed by atoms with van der Waals surface area (Å²) in [5, 5.41) is 6.44. The van der Waals surface area contributed by atoms with Gasteiger partial charge in [0.1, 0.15) is 0 Å². The Kier molecular flexibility index (Phi) is 3.33. The van der Waals surface area contributed by atoms with Gasteiger partial charge in [0.25, 0.3) is 0 Å². The fourth-order valence-electron chi connectivity index (χ4n) is 2.90. The van der Waals surface area contributed by atoms with Crippen molar-refractivity contribution in [3.05, 3.63) is 34.9 Å². The Morgan fingerprint density at radius 2 is 2.11 bits per heavy atom. The van der Waals surface area contributed by atoms with E-state index in [1.54, 1.807) is 0 Å². The van der Waals surface area contributed by atoms with E-state index in [-0.39, 0.29) is 5.91 Å². The molecule has 1 aliphatic carbocycles. The lowest BCUT2D eigenvalue weighted by Gasteiger charge is -2.23. The minimum Gasteiger partial charge on any atom is -0.355 e. The topological polar surface area (TPSA) is 41.1 Å². The first-order valence-electron chi connectivity index (χ1n) is 6.92. The van der Waals surface area contributed by atoms with Gasteiger partial charge in [0.2, 0.25) is 5.91 Å². The van der Waals surface area contributed by atoms with Crippen LogP contribution in [0.15, 0.2) is 18.2 Å². The summed E-state index contributed by atoms with van der Waals surface area (Å²) in [6, 6.07) is 7.29. The van der Waals surface area contributed by atoms with E-state index in [2.05, 4.69) is 28.8 Å². The molecule has 3 heteroatoms. The van der Waals surface area contributed by atoms with Gasteiger partial charge >= 0.3 is 0 Å². The Morgan fingerprint density at radius 1 is 1.22 bits per heavy atom. The van der Waals surface area contributed by atoms with Crippen LogP contribution in [0.4, 0.5) is 0 Å². The number of hydrogen-bond acceptors (Lipinski definition) is 2. The standard InChI is InChI=1S/C15H20N2O/c18-15-7-6-14(10-17-15)16-9-11-4-5-12-2-1-3-13(12)8-11/h4-5,8,14,16H,1-3,6-7,9-10H2,(H,17,18). The van der Waals surface area contributed by atoms with E-state index in [4.69, 9.17) is 0 Å². The molecule has 2 aliphatic rings. The summed E-state index contributed by atoms with van der Waals surface area (Å²) in [5.41, 5.74) is 4.43. The maximum absolute atomic E-state index is 11.1. The second-order valence-electron chi connectivity index (χ2n) is 5.38. The SMILES string of the molecule is O=C1CCC(NCc2ccc3c(c2)CCC3)CN1. The predicted octanol–water partition coefficient (Wildman–Crippen LogP) is 1.54. The first-order chi connectivity index (χ1) is 8.81. The highest BCUT2D eigenvalue weighted by molar-refractivity contribution is 5.76. The molecule has 0 radical (unpaired) electrons. The number of rotatable bonds is 3. The van der Waals surface area contributed by atoms with Gasteiger partial charge in [-0.3, -0.25) is 4.79 Å². The predicted molar refractivity (Wildman–Crippen MR) is 71.3 cm³/mol. The highest BCUT2D eigenvalue weighted by Gasteiger charge is 2.17. The van der Waals surface area contributed by atoms with Crippen LogP contribution in [0.3, 0.4) is 0 Å². The molecule has 1 amide bonds. The van der Waals surface area contributed by atoms with Crippen molar-refractivity contribution in [3.8, 4) is 0 Å². The molecule has 1 fully saturated rings. The van der Waals surface area contributed by atoms with Crippen LogP contribution >= 0.6 is 0 Å². The summed E-state index contributed by atoms with van der Waals surface area (Å²) < 4.78 is 0. The van der Waals surface area contributed by atoms with Crippen molar-refractivity contribution in [2.75, 3.05) is 6.54 Å². The molecular weight excluding hydrogens is 224 g/mol.